The number of carboxylic acid groups (broad SMARTS) is 1. The Bertz CT molecular complexity index is 290. The predicted molar refractivity (Wildman–Crippen MR) is 42.5 cm³/mol. The molecule has 0 aliphatic heterocycles. The summed E-state index contributed by atoms with van der Waals surface area (Å²) < 4.78 is 1.36. The molecule has 0 aromatic carbocycles. The van der Waals surface area contributed by atoms with Gasteiger partial charge < -0.3 is 5.11 Å². The maximum Gasteiger partial charge on any atom is 0.303 e. The molecule has 0 spiro atoms. The van der Waals surface area contributed by atoms with Crippen LogP contribution < -0.4 is 0 Å². The normalized spacial score (nSPS) is 9.67. The molecule has 4 heteroatoms. The van der Waals surface area contributed by atoms with Crippen molar-refractivity contribution in [2.45, 2.75) is 12.8 Å². The van der Waals surface area contributed by atoms with E-state index in [4.69, 9.17) is 5.11 Å². The predicted octanol–water partition coefficient (Wildman–Crippen LogP) is 0.544. The summed E-state index contributed by atoms with van der Waals surface area (Å²) in [6.07, 6.45) is 4.46. The van der Waals surface area contributed by atoms with Crippen molar-refractivity contribution in [3.63, 3.8) is 0 Å². The van der Waals surface area contributed by atoms with Gasteiger partial charge in [0.2, 0.25) is 6.41 Å². The van der Waals surface area contributed by atoms with Crippen molar-refractivity contribution in [1.29, 1.82) is 0 Å². The summed E-state index contributed by atoms with van der Waals surface area (Å²) in [4.78, 5) is 20.4. The largest absolute Gasteiger partial charge is 0.481 e. The minimum absolute atomic E-state index is 0.100. The van der Waals surface area contributed by atoms with Gasteiger partial charge in [0, 0.05) is 18.8 Å². The molecule has 0 unspecified atom stereocenters. The number of carbonyl (C=O) groups excluding carboxylic acids is 1. The Balaban J connectivity index is 2.52. The van der Waals surface area contributed by atoms with Crippen molar-refractivity contribution in [3.05, 3.63) is 24.0 Å². The standard InChI is InChI=1S/C8H9NO3/c10-6-9-4-3-7(5-9)1-2-8(11)12/h3-6H,1-2H2,(H,11,12). The molecule has 64 valence electrons. The molecule has 4 nitrogen and oxygen atoms in total. The van der Waals surface area contributed by atoms with Gasteiger partial charge in [0.1, 0.15) is 0 Å². The molecule has 1 aromatic rings. The number of aromatic nitrogens is 1. The van der Waals surface area contributed by atoms with Crippen molar-refractivity contribution in [2.24, 2.45) is 0 Å². The van der Waals surface area contributed by atoms with Gasteiger partial charge >= 0.3 is 5.97 Å². The third-order valence-corrected chi connectivity index (χ3v) is 1.52. The Kier molecular flexibility index (Phi) is 2.63. The summed E-state index contributed by atoms with van der Waals surface area (Å²) in [5, 5.41) is 8.36. The van der Waals surface area contributed by atoms with Crippen LogP contribution in [0, 0.1) is 0 Å². The van der Waals surface area contributed by atoms with Crippen LogP contribution in [0.4, 0.5) is 0 Å². The molecule has 0 radical (unpaired) electrons. The number of nitrogens with zero attached hydrogens (tertiary/aromatic N) is 1. The van der Waals surface area contributed by atoms with Crippen LogP contribution in [0.3, 0.4) is 0 Å². The number of hydrogen-bond acceptors (Lipinski definition) is 2. The van der Waals surface area contributed by atoms with Crippen molar-refractivity contribution in [2.75, 3.05) is 0 Å². The zero-order valence-electron chi connectivity index (χ0n) is 6.43. The Hall–Kier alpha value is -1.58. The lowest BCUT2D eigenvalue weighted by Gasteiger charge is -1.90. The van der Waals surface area contributed by atoms with Crippen LogP contribution in [-0.2, 0) is 16.0 Å². The van der Waals surface area contributed by atoms with Gasteiger partial charge in [-0.05, 0) is 18.1 Å². The highest BCUT2D eigenvalue weighted by Crippen LogP contribution is 2.02. The highest BCUT2D eigenvalue weighted by atomic mass is 16.4. The summed E-state index contributed by atoms with van der Waals surface area (Å²) in [6, 6.07) is 1.73. The average molecular weight is 167 g/mol. The second-order valence-electron chi connectivity index (χ2n) is 2.47. The second kappa shape index (κ2) is 3.71. The zero-order valence-corrected chi connectivity index (χ0v) is 6.43. The molecule has 0 aliphatic carbocycles. The Morgan fingerprint density at radius 2 is 2.42 bits per heavy atom. The Labute approximate surface area is 69.4 Å². The fraction of sp³-hybridized carbons (Fsp3) is 0.250. The van der Waals surface area contributed by atoms with Crippen LogP contribution in [0.1, 0.15) is 12.0 Å². The van der Waals surface area contributed by atoms with E-state index >= 15 is 0 Å². The van der Waals surface area contributed by atoms with E-state index in [0.29, 0.717) is 12.8 Å². The number of hydrogen-bond donors (Lipinski definition) is 1. The number of aliphatic carboxylic acids is 1. The molecule has 0 fully saturated rings. The van der Waals surface area contributed by atoms with Gasteiger partial charge in [0.25, 0.3) is 0 Å². The van der Waals surface area contributed by atoms with E-state index in [-0.39, 0.29) is 6.42 Å². The molecule has 0 atom stereocenters. The molecule has 0 saturated carbocycles. The third kappa shape index (κ3) is 2.23. The summed E-state index contributed by atoms with van der Waals surface area (Å²) in [5.74, 6) is -0.825. The van der Waals surface area contributed by atoms with Crippen LogP contribution in [0.25, 0.3) is 0 Å². The maximum absolute atomic E-state index is 10.2. The number of rotatable bonds is 4. The van der Waals surface area contributed by atoms with Crippen LogP contribution in [0.5, 0.6) is 0 Å². The van der Waals surface area contributed by atoms with E-state index < -0.39 is 5.97 Å². The molecular formula is C8H9NO3. The number of aryl methyl sites for hydroxylation is 1. The number of carbonyl (C=O) groups is 2. The molecule has 1 N–H and O–H groups in total. The molecule has 1 rings (SSSR count). The summed E-state index contributed by atoms with van der Waals surface area (Å²) in [5.41, 5.74) is 0.865. The summed E-state index contributed by atoms with van der Waals surface area (Å²) in [7, 11) is 0. The highest BCUT2D eigenvalue weighted by molar-refractivity contribution is 5.67. The lowest BCUT2D eigenvalue weighted by Crippen LogP contribution is -1.96. The second-order valence-corrected chi connectivity index (χ2v) is 2.47. The van der Waals surface area contributed by atoms with Crippen LogP contribution in [0.15, 0.2) is 18.5 Å². The molecule has 0 aliphatic rings. The first-order valence-corrected chi connectivity index (χ1v) is 3.56. The Morgan fingerprint density at radius 3 is 2.92 bits per heavy atom. The summed E-state index contributed by atoms with van der Waals surface area (Å²) in [6.45, 7) is 0. The molecule has 1 aromatic heterocycles. The van der Waals surface area contributed by atoms with Gasteiger partial charge in [-0.1, -0.05) is 0 Å². The van der Waals surface area contributed by atoms with E-state index in [1.54, 1.807) is 18.5 Å². The average Bonchev–Trinajstić information content (AvgIpc) is 2.48. The monoisotopic (exact) mass is 167 g/mol. The van der Waals surface area contributed by atoms with Crippen LogP contribution in [0.2, 0.25) is 0 Å². The molecule has 0 amide bonds. The fourth-order valence-corrected chi connectivity index (χ4v) is 0.924. The first-order valence-electron chi connectivity index (χ1n) is 3.56. The number of carboxylic acids is 1. The van der Waals surface area contributed by atoms with Gasteiger partial charge in [-0.25, -0.2) is 0 Å². The minimum atomic E-state index is -0.825. The lowest BCUT2D eigenvalue weighted by molar-refractivity contribution is -0.136. The SMILES string of the molecule is O=Cn1ccc(CCC(=O)O)c1. The Morgan fingerprint density at radius 1 is 1.67 bits per heavy atom. The fourth-order valence-electron chi connectivity index (χ4n) is 0.924. The smallest absolute Gasteiger partial charge is 0.303 e. The van der Waals surface area contributed by atoms with Gasteiger partial charge in [-0.2, -0.15) is 0 Å². The topological polar surface area (TPSA) is 59.3 Å². The maximum atomic E-state index is 10.2. The van der Waals surface area contributed by atoms with Gasteiger partial charge in [0.05, 0.1) is 0 Å². The van der Waals surface area contributed by atoms with E-state index in [9.17, 15) is 9.59 Å². The zero-order chi connectivity index (χ0) is 8.97. The van der Waals surface area contributed by atoms with Crippen molar-refractivity contribution in [1.82, 2.24) is 4.57 Å². The molecule has 0 saturated heterocycles. The van der Waals surface area contributed by atoms with Gasteiger partial charge in [0.15, 0.2) is 0 Å². The third-order valence-electron chi connectivity index (χ3n) is 1.52. The van der Waals surface area contributed by atoms with Gasteiger partial charge in [-0.15, -0.1) is 0 Å². The molecule has 0 bridgehead atoms. The van der Waals surface area contributed by atoms with E-state index in [2.05, 4.69) is 0 Å². The molecular weight excluding hydrogens is 158 g/mol. The van der Waals surface area contributed by atoms with Crippen LogP contribution >= 0.6 is 0 Å². The first-order chi connectivity index (χ1) is 5.72. The first kappa shape index (κ1) is 8.52. The van der Waals surface area contributed by atoms with Crippen molar-refractivity contribution < 1.29 is 14.7 Å². The van der Waals surface area contributed by atoms with Crippen molar-refractivity contribution >= 4 is 12.4 Å². The quantitative estimate of drug-likeness (QED) is 0.666. The van der Waals surface area contributed by atoms with E-state index in [0.717, 1.165) is 5.56 Å². The van der Waals surface area contributed by atoms with Gasteiger partial charge in [-0.3, -0.25) is 14.2 Å². The molecule has 12 heavy (non-hydrogen) atoms. The highest BCUT2D eigenvalue weighted by Gasteiger charge is 1.99. The molecule has 1 heterocycles. The van der Waals surface area contributed by atoms with Crippen molar-refractivity contribution in [3.8, 4) is 0 Å². The van der Waals surface area contributed by atoms with Crippen LogP contribution in [-0.4, -0.2) is 22.1 Å². The van der Waals surface area contributed by atoms with E-state index in [1.807, 2.05) is 0 Å². The summed E-state index contributed by atoms with van der Waals surface area (Å²) >= 11 is 0. The lowest BCUT2D eigenvalue weighted by atomic mass is 10.2. The van der Waals surface area contributed by atoms with E-state index in [1.165, 1.54) is 4.57 Å². The minimum Gasteiger partial charge on any atom is -0.481 e.